The van der Waals surface area contributed by atoms with Gasteiger partial charge in [-0.3, -0.25) is 4.79 Å². The lowest BCUT2D eigenvalue weighted by Crippen LogP contribution is -1.99. The average Bonchev–Trinajstić information content (AvgIpc) is 2.64. The predicted octanol–water partition coefficient (Wildman–Crippen LogP) is 4.07. The molecular weight excluding hydrogens is 284 g/mol. The predicted molar refractivity (Wildman–Crippen MR) is 68.7 cm³/mol. The van der Waals surface area contributed by atoms with Crippen molar-refractivity contribution < 1.29 is 22.4 Å². The van der Waals surface area contributed by atoms with Crippen molar-refractivity contribution in [2.75, 3.05) is 0 Å². The fraction of sp³-hybridized carbons (Fsp3) is 0.0625. The molecule has 0 spiro atoms. The largest absolute Gasteiger partial charge is 0.289 e. The molecule has 0 amide bonds. The highest BCUT2D eigenvalue weighted by Gasteiger charge is 2.28. The standard InChI is InChI=1S/C16H8F4O/c17-11-2-8(3-12(18)6-11)1-10-4-9-5-13(19)7-14(20)15(9)16(10)21/h1-3,5-7H,4H2/b10-1+. The molecule has 0 N–H and O–H groups in total. The summed E-state index contributed by atoms with van der Waals surface area (Å²) in [5, 5.41) is 0. The van der Waals surface area contributed by atoms with Crippen molar-refractivity contribution in [3.8, 4) is 0 Å². The fourth-order valence-electron chi connectivity index (χ4n) is 2.44. The maximum absolute atomic E-state index is 13.6. The van der Waals surface area contributed by atoms with Crippen LogP contribution >= 0.6 is 0 Å². The first-order chi connectivity index (χ1) is 9.94. The first-order valence-electron chi connectivity index (χ1n) is 6.13. The molecule has 0 heterocycles. The number of hydrogen-bond acceptors (Lipinski definition) is 1. The molecule has 3 rings (SSSR count). The van der Waals surface area contributed by atoms with Gasteiger partial charge in [-0.1, -0.05) is 0 Å². The molecule has 0 unspecified atom stereocenters. The molecule has 1 aliphatic carbocycles. The van der Waals surface area contributed by atoms with Crippen LogP contribution in [0.4, 0.5) is 17.6 Å². The van der Waals surface area contributed by atoms with Gasteiger partial charge in [0.25, 0.3) is 0 Å². The zero-order chi connectivity index (χ0) is 15.1. The van der Waals surface area contributed by atoms with Crippen LogP contribution in [0.25, 0.3) is 6.08 Å². The maximum atomic E-state index is 13.6. The number of allylic oxidation sites excluding steroid dienone is 1. The Morgan fingerprint density at radius 2 is 1.48 bits per heavy atom. The Balaban J connectivity index is 2.05. The quantitative estimate of drug-likeness (QED) is 0.572. The highest BCUT2D eigenvalue weighted by molar-refractivity contribution is 6.15. The summed E-state index contributed by atoms with van der Waals surface area (Å²) in [5.41, 5.74) is 0.379. The molecule has 0 aromatic heterocycles. The molecule has 0 radical (unpaired) electrons. The summed E-state index contributed by atoms with van der Waals surface area (Å²) in [4.78, 5) is 12.1. The molecule has 21 heavy (non-hydrogen) atoms. The van der Waals surface area contributed by atoms with E-state index in [0.29, 0.717) is 12.1 Å². The topological polar surface area (TPSA) is 17.1 Å². The molecule has 0 saturated carbocycles. The molecule has 0 atom stereocenters. The van der Waals surface area contributed by atoms with E-state index in [-0.39, 0.29) is 28.7 Å². The Bertz CT molecular complexity index is 773. The minimum atomic E-state index is -0.927. The number of carbonyl (C=O) groups excluding carboxylic acids is 1. The van der Waals surface area contributed by atoms with Crippen LogP contribution in [0.3, 0.4) is 0 Å². The van der Waals surface area contributed by atoms with Crippen molar-refractivity contribution in [2.45, 2.75) is 6.42 Å². The van der Waals surface area contributed by atoms with Crippen LogP contribution < -0.4 is 0 Å². The van der Waals surface area contributed by atoms with E-state index in [0.717, 1.165) is 18.2 Å². The SMILES string of the molecule is O=C1/C(=C/c2cc(F)cc(F)c2)Cc2cc(F)cc(F)c21. The summed E-state index contributed by atoms with van der Waals surface area (Å²) in [6, 6.07) is 4.56. The monoisotopic (exact) mass is 292 g/mol. The Morgan fingerprint density at radius 1 is 0.857 bits per heavy atom. The molecule has 1 nitrogen and oxygen atoms in total. The minimum absolute atomic E-state index is 0.0287. The number of halogens is 4. The average molecular weight is 292 g/mol. The van der Waals surface area contributed by atoms with Crippen LogP contribution in [-0.2, 0) is 6.42 Å². The van der Waals surface area contributed by atoms with Gasteiger partial charge < -0.3 is 0 Å². The fourth-order valence-corrected chi connectivity index (χ4v) is 2.44. The first kappa shape index (κ1) is 13.5. The van der Waals surface area contributed by atoms with E-state index >= 15 is 0 Å². The molecule has 106 valence electrons. The van der Waals surface area contributed by atoms with Crippen LogP contribution in [0.15, 0.2) is 35.9 Å². The van der Waals surface area contributed by atoms with Gasteiger partial charge in [0.15, 0.2) is 5.78 Å². The lowest BCUT2D eigenvalue weighted by Gasteiger charge is -1.99. The second-order valence-corrected chi connectivity index (χ2v) is 4.80. The Kier molecular flexibility index (Phi) is 3.12. The van der Waals surface area contributed by atoms with Gasteiger partial charge in [0.2, 0.25) is 0 Å². The van der Waals surface area contributed by atoms with Gasteiger partial charge in [-0.2, -0.15) is 0 Å². The van der Waals surface area contributed by atoms with Crippen molar-refractivity contribution in [2.24, 2.45) is 0 Å². The second-order valence-electron chi connectivity index (χ2n) is 4.80. The van der Waals surface area contributed by atoms with E-state index in [4.69, 9.17) is 0 Å². The zero-order valence-corrected chi connectivity index (χ0v) is 10.6. The highest BCUT2D eigenvalue weighted by atomic mass is 19.1. The third kappa shape index (κ3) is 2.46. The number of fused-ring (bicyclic) bond motifs is 1. The molecule has 2 aromatic carbocycles. The van der Waals surface area contributed by atoms with Gasteiger partial charge in [0.05, 0.1) is 5.56 Å². The molecule has 0 saturated heterocycles. The Labute approximate surface area is 117 Å². The minimum Gasteiger partial charge on any atom is -0.289 e. The van der Waals surface area contributed by atoms with Gasteiger partial charge in [-0.05, 0) is 35.4 Å². The molecule has 1 aliphatic rings. The number of ketones is 1. The van der Waals surface area contributed by atoms with Crippen LogP contribution in [-0.4, -0.2) is 5.78 Å². The van der Waals surface area contributed by atoms with E-state index in [9.17, 15) is 22.4 Å². The molecule has 0 fully saturated rings. The van der Waals surface area contributed by atoms with Gasteiger partial charge in [0, 0.05) is 24.1 Å². The molecule has 5 heteroatoms. The summed E-state index contributed by atoms with van der Waals surface area (Å²) in [5.74, 6) is -3.84. The van der Waals surface area contributed by atoms with E-state index in [1.54, 1.807) is 0 Å². The summed E-state index contributed by atoms with van der Waals surface area (Å²) in [6.45, 7) is 0. The van der Waals surface area contributed by atoms with E-state index in [1.807, 2.05) is 0 Å². The zero-order valence-electron chi connectivity index (χ0n) is 10.6. The number of carbonyl (C=O) groups is 1. The van der Waals surface area contributed by atoms with Crippen LogP contribution in [0.1, 0.15) is 21.5 Å². The van der Waals surface area contributed by atoms with Crippen LogP contribution in [0, 0.1) is 23.3 Å². The molecule has 2 aromatic rings. The number of rotatable bonds is 1. The van der Waals surface area contributed by atoms with Crippen molar-refractivity contribution >= 4 is 11.9 Å². The van der Waals surface area contributed by atoms with Gasteiger partial charge in [-0.15, -0.1) is 0 Å². The summed E-state index contributed by atoms with van der Waals surface area (Å²) in [7, 11) is 0. The van der Waals surface area contributed by atoms with Crippen LogP contribution in [0.5, 0.6) is 0 Å². The number of Topliss-reactive ketones (excluding diaryl/α,β-unsaturated/α-hetero) is 1. The Hall–Kier alpha value is -2.43. The number of benzene rings is 2. The molecular formula is C16H8F4O. The lowest BCUT2D eigenvalue weighted by atomic mass is 10.1. The molecule has 0 bridgehead atoms. The van der Waals surface area contributed by atoms with E-state index < -0.39 is 29.1 Å². The third-order valence-corrected chi connectivity index (χ3v) is 3.26. The summed E-state index contributed by atoms with van der Waals surface area (Å²) in [6.07, 6.45) is 1.31. The van der Waals surface area contributed by atoms with Crippen molar-refractivity contribution in [3.63, 3.8) is 0 Å². The molecule has 0 aliphatic heterocycles. The van der Waals surface area contributed by atoms with Gasteiger partial charge in [-0.25, -0.2) is 17.6 Å². The highest BCUT2D eigenvalue weighted by Crippen LogP contribution is 2.30. The van der Waals surface area contributed by atoms with E-state index in [1.165, 1.54) is 6.08 Å². The second kappa shape index (κ2) is 4.84. The van der Waals surface area contributed by atoms with Gasteiger partial charge >= 0.3 is 0 Å². The smallest absolute Gasteiger partial charge is 0.192 e. The maximum Gasteiger partial charge on any atom is 0.192 e. The summed E-state index contributed by atoms with van der Waals surface area (Å²) < 4.78 is 53.0. The van der Waals surface area contributed by atoms with Crippen molar-refractivity contribution in [1.82, 2.24) is 0 Å². The van der Waals surface area contributed by atoms with Crippen LogP contribution in [0.2, 0.25) is 0 Å². The van der Waals surface area contributed by atoms with Gasteiger partial charge in [0.1, 0.15) is 23.3 Å². The Morgan fingerprint density at radius 3 is 2.14 bits per heavy atom. The first-order valence-corrected chi connectivity index (χ1v) is 6.13. The van der Waals surface area contributed by atoms with Crippen molar-refractivity contribution in [1.29, 1.82) is 0 Å². The number of hydrogen-bond donors (Lipinski definition) is 0. The van der Waals surface area contributed by atoms with E-state index in [2.05, 4.69) is 0 Å². The lowest BCUT2D eigenvalue weighted by molar-refractivity contribution is 0.103. The van der Waals surface area contributed by atoms with Crippen molar-refractivity contribution in [3.05, 3.63) is 75.9 Å². The normalized spacial score (nSPS) is 15.6. The third-order valence-electron chi connectivity index (χ3n) is 3.26. The summed E-state index contributed by atoms with van der Waals surface area (Å²) >= 11 is 0.